The molecule has 112 valence electrons. The van der Waals surface area contributed by atoms with Crippen molar-refractivity contribution in [3.05, 3.63) is 53.9 Å². The fourth-order valence-corrected chi connectivity index (χ4v) is 2.96. The molecule has 0 radical (unpaired) electrons. The van der Waals surface area contributed by atoms with Crippen LogP contribution < -0.4 is 5.32 Å². The molecule has 0 bridgehead atoms. The predicted molar refractivity (Wildman–Crippen MR) is 84.8 cm³/mol. The molecule has 1 aliphatic heterocycles. The minimum Gasteiger partial charge on any atom is -0.310 e. The monoisotopic (exact) mass is 284 g/mol. The fraction of sp³-hybridized carbons (Fsp3) is 0.471. The average Bonchev–Trinajstić information content (AvgIpc) is 2.93. The number of aryl methyl sites for hydroxylation is 1. The Hall–Kier alpha value is -1.65. The minimum absolute atomic E-state index is 0.636. The van der Waals surface area contributed by atoms with Crippen LogP contribution in [0.2, 0.25) is 0 Å². The highest BCUT2D eigenvalue weighted by Gasteiger charge is 2.18. The zero-order chi connectivity index (χ0) is 14.5. The summed E-state index contributed by atoms with van der Waals surface area (Å²) in [4.78, 5) is 2.55. The summed E-state index contributed by atoms with van der Waals surface area (Å²) in [5, 5.41) is 7.86. The van der Waals surface area contributed by atoms with E-state index in [4.69, 9.17) is 0 Å². The van der Waals surface area contributed by atoms with Crippen LogP contribution in [-0.4, -0.2) is 33.8 Å². The van der Waals surface area contributed by atoms with E-state index in [-0.39, 0.29) is 0 Å². The van der Waals surface area contributed by atoms with Crippen LogP contribution in [0.25, 0.3) is 0 Å². The molecule has 4 heteroatoms. The minimum atomic E-state index is 0.636. The van der Waals surface area contributed by atoms with Gasteiger partial charge in [0, 0.05) is 37.9 Å². The smallest absolute Gasteiger partial charge is 0.0534 e. The largest absolute Gasteiger partial charge is 0.310 e. The van der Waals surface area contributed by atoms with Crippen LogP contribution in [0.4, 0.5) is 0 Å². The predicted octanol–water partition coefficient (Wildman–Crippen LogP) is 2.17. The molecule has 21 heavy (non-hydrogen) atoms. The number of nitrogens with zero attached hydrogens (tertiary/aromatic N) is 3. The molecule has 1 saturated heterocycles. The number of nitrogens with one attached hydrogen (secondary N) is 1. The van der Waals surface area contributed by atoms with Gasteiger partial charge in [-0.1, -0.05) is 30.3 Å². The van der Waals surface area contributed by atoms with E-state index in [1.54, 1.807) is 0 Å². The summed E-state index contributed by atoms with van der Waals surface area (Å²) in [5.41, 5.74) is 2.68. The van der Waals surface area contributed by atoms with Gasteiger partial charge in [-0.2, -0.15) is 5.10 Å². The summed E-state index contributed by atoms with van der Waals surface area (Å²) in [7, 11) is 1.96. The maximum Gasteiger partial charge on any atom is 0.0534 e. The standard InChI is InChI=1S/C17H24N4/c1-20-13-16(12-19-20)11-18-17-7-9-21(10-8-17)14-15-5-3-2-4-6-15/h2-6,12-13,17-18H,7-11,14H2,1H3. The second-order valence-electron chi connectivity index (χ2n) is 5.94. The Morgan fingerprint density at radius 3 is 2.57 bits per heavy atom. The summed E-state index contributed by atoms with van der Waals surface area (Å²) in [6, 6.07) is 11.4. The molecule has 0 amide bonds. The highest BCUT2D eigenvalue weighted by Crippen LogP contribution is 2.14. The molecule has 3 rings (SSSR count). The molecular formula is C17H24N4. The van der Waals surface area contributed by atoms with E-state index >= 15 is 0 Å². The summed E-state index contributed by atoms with van der Waals surface area (Å²) in [6.07, 6.45) is 6.48. The van der Waals surface area contributed by atoms with E-state index in [9.17, 15) is 0 Å². The van der Waals surface area contributed by atoms with Gasteiger partial charge in [-0.3, -0.25) is 9.58 Å². The van der Waals surface area contributed by atoms with Crippen molar-refractivity contribution in [2.75, 3.05) is 13.1 Å². The molecule has 0 unspecified atom stereocenters. The highest BCUT2D eigenvalue weighted by atomic mass is 15.2. The lowest BCUT2D eigenvalue weighted by Crippen LogP contribution is -2.41. The van der Waals surface area contributed by atoms with Gasteiger partial charge in [-0.05, 0) is 31.5 Å². The van der Waals surface area contributed by atoms with Gasteiger partial charge in [0.15, 0.2) is 0 Å². The van der Waals surface area contributed by atoms with Crippen LogP contribution >= 0.6 is 0 Å². The molecular weight excluding hydrogens is 260 g/mol. The molecule has 2 heterocycles. The SMILES string of the molecule is Cn1cc(CNC2CCN(Cc3ccccc3)CC2)cn1. The number of piperidine rings is 1. The number of likely N-dealkylation sites (tertiary alicyclic amines) is 1. The first-order valence-corrected chi connectivity index (χ1v) is 7.77. The van der Waals surface area contributed by atoms with Gasteiger partial charge in [0.25, 0.3) is 0 Å². The van der Waals surface area contributed by atoms with E-state index in [1.165, 1.54) is 37.1 Å². The molecule has 1 aromatic carbocycles. The summed E-state index contributed by atoms with van der Waals surface area (Å²) < 4.78 is 1.86. The maximum atomic E-state index is 4.21. The van der Waals surface area contributed by atoms with Crippen molar-refractivity contribution in [1.82, 2.24) is 20.0 Å². The third-order valence-corrected chi connectivity index (χ3v) is 4.19. The van der Waals surface area contributed by atoms with Gasteiger partial charge in [-0.25, -0.2) is 0 Å². The van der Waals surface area contributed by atoms with Crippen LogP contribution in [-0.2, 0) is 20.1 Å². The topological polar surface area (TPSA) is 33.1 Å². The fourth-order valence-electron chi connectivity index (χ4n) is 2.96. The second-order valence-corrected chi connectivity index (χ2v) is 5.94. The first kappa shape index (κ1) is 14.3. The van der Waals surface area contributed by atoms with Crippen LogP contribution in [0.15, 0.2) is 42.7 Å². The van der Waals surface area contributed by atoms with Gasteiger partial charge >= 0.3 is 0 Å². The van der Waals surface area contributed by atoms with E-state index in [2.05, 4.69) is 51.8 Å². The molecule has 1 aromatic heterocycles. The zero-order valence-electron chi connectivity index (χ0n) is 12.7. The first-order chi connectivity index (χ1) is 10.3. The summed E-state index contributed by atoms with van der Waals surface area (Å²) in [6.45, 7) is 4.37. The van der Waals surface area contributed by atoms with E-state index in [0.29, 0.717) is 6.04 Å². The zero-order valence-corrected chi connectivity index (χ0v) is 12.7. The van der Waals surface area contributed by atoms with E-state index in [0.717, 1.165) is 13.1 Å². The second kappa shape index (κ2) is 6.87. The number of rotatable bonds is 5. The number of hydrogen-bond donors (Lipinski definition) is 1. The molecule has 1 aliphatic rings. The molecule has 1 N–H and O–H groups in total. The number of aromatic nitrogens is 2. The van der Waals surface area contributed by atoms with Crippen molar-refractivity contribution < 1.29 is 0 Å². The lowest BCUT2D eigenvalue weighted by Gasteiger charge is -2.32. The van der Waals surface area contributed by atoms with Gasteiger partial charge in [0.2, 0.25) is 0 Å². The van der Waals surface area contributed by atoms with Crippen molar-refractivity contribution in [2.24, 2.45) is 7.05 Å². The summed E-state index contributed by atoms with van der Waals surface area (Å²) in [5.74, 6) is 0. The Morgan fingerprint density at radius 2 is 1.90 bits per heavy atom. The number of hydrogen-bond acceptors (Lipinski definition) is 3. The third kappa shape index (κ3) is 4.16. The molecule has 0 aliphatic carbocycles. The Morgan fingerprint density at radius 1 is 1.14 bits per heavy atom. The van der Waals surface area contributed by atoms with Crippen molar-refractivity contribution >= 4 is 0 Å². The van der Waals surface area contributed by atoms with Crippen LogP contribution in [0, 0.1) is 0 Å². The Bertz CT molecular complexity index is 541. The van der Waals surface area contributed by atoms with Gasteiger partial charge < -0.3 is 5.32 Å². The Kier molecular flexibility index (Phi) is 4.68. The average molecular weight is 284 g/mol. The molecule has 4 nitrogen and oxygen atoms in total. The molecule has 0 atom stereocenters. The van der Waals surface area contributed by atoms with Crippen LogP contribution in [0.5, 0.6) is 0 Å². The Balaban J connectivity index is 1.40. The van der Waals surface area contributed by atoms with Gasteiger partial charge in [-0.15, -0.1) is 0 Å². The van der Waals surface area contributed by atoms with E-state index in [1.807, 2.05) is 17.9 Å². The highest BCUT2D eigenvalue weighted by molar-refractivity contribution is 5.14. The van der Waals surface area contributed by atoms with Crippen LogP contribution in [0.3, 0.4) is 0 Å². The van der Waals surface area contributed by atoms with Gasteiger partial charge in [0.05, 0.1) is 6.20 Å². The number of benzene rings is 1. The first-order valence-electron chi connectivity index (χ1n) is 7.77. The summed E-state index contributed by atoms with van der Waals surface area (Å²) >= 11 is 0. The molecule has 2 aromatic rings. The maximum absolute atomic E-state index is 4.21. The quantitative estimate of drug-likeness (QED) is 0.913. The lowest BCUT2D eigenvalue weighted by atomic mass is 10.0. The van der Waals surface area contributed by atoms with Crippen molar-refractivity contribution in [3.8, 4) is 0 Å². The van der Waals surface area contributed by atoms with E-state index < -0.39 is 0 Å². The van der Waals surface area contributed by atoms with Crippen molar-refractivity contribution in [3.63, 3.8) is 0 Å². The Labute approximate surface area is 126 Å². The van der Waals surface area contributed by atoms with Crippen molar-refractivity contribution in [2.45, 2.75) is 32.0 Å². The molecule has 0 saturated carbocycles. The molecule has 1 fully saturated rings. The van der Waals surface area contributed by atoms with Crippen LogP contribution in [0.1, 0.15) is 24.0 Å². The van der Waals surface area contributed by atoms with Gasteiger partial charge in [0.1, 0.15) is 0 Å². The van der Waals surface area contributed by atoms with Crippen molar-refractivity contribution in [1.29, 1.82) is 0 Å². The third-order valence-electron chi connectivity index (χ3n) is 4.19. The normalized spacial score (nSPS) is 17.2. The lowest BCUT2D eigenvalue weighted by molar-refractivity contribution is 0.190. The molecule has 0 spiro atoms.